The molecule has 10 heteroatoms. The van der Waals surface area contributed by atoms with Gasteiger partial charge in [0.15, 0.2) is 17.7 Å². The van der Waals surface area contributed by atoms with E-state index in [1.165, 1.54) is 6.33 Å². The monoisotopic (exact) mass is 327 g/mol. The van der Waals surface area contributed by atoms with Crippen LogP contribution in [0.15, 0.2) is 12.7 Å². The quantitative estimate of drug-likeness (QED) is 0.592. The number of hydrogen-bond donors (Lipinski definition) is 2. The third-order valence-electron chi connectivity index (χ3n) is 3.73. The van der Waals surface area contributed by atoms with Gasteiger partial charge in [0.1, 0.15) is 30.2 Å². The highest BCUT2D eigenvalue weighted by atomic mass is 32.1. The van der Waals surface area contributed by atoms with Crippen LogP contribution < -0.4 is 5.73 Å². The van der Waals surface area contributed by atoms with Crippen LogP contribution in [0.25, 0.3) is 11.2 Å². The van der Waals surface area contributed by atoms with E-state index in [1.54, 1.807) is 25.1 Å². The van der Waals surface area contributed by atoms with Crippen LogP contribution in [0.4, 0.5) is 5.82 Å². The van der Waals surface area contributed by atoms with E-state index < -0.39 is 6.23 Å². The van der Waals surface area contributed by atoms with Crippen LogP contribution >= 0.6 is 12.9 Å². The molecule has 3 rings (SSSR count). The number of methoxy groups -OCH3 is 2. The van der Waals surface area contributed by atoms with Gasteiger partial charge in [0.2, 0.25) is 0 Å². The largest absolute Gasteiger partial charge is 0.382 e. The highest BCUT2D eigenvalue weighted by Crippen LogP contribution is 2.35. The Morgan fingerprint density at radius 3 is 2.73 bits per heavy atom. The number of aromatic nitrogens is 4. The van der Waals surface area contributed by atoms with Gasteiger partial charge in [-0.1, -0.05) is 0 Å². The van der Waals surface area contributed by atoms with Gasteiger partial charge in [-0.2, -0.15) is 0 Å². The van der Waals surface area contributed by atoms with Crippen molar-refractivity contribution in [2.45, 2.75) is 24.5 Å². The molecule has 1 saturated heterocycles. The lowest BCUT2D eigenvalue weighted by molar-refractivity contribution is -0.0549. The standard InChI is InChI=1S/C12H17N5O4S/c1-18-8-6(3-20-22)21-12(9(8)19-2)17-5-16-7-10(13)14-4-15-11(7)17/h4-6,8-9,12,22H,3H2,1-2H3,(H2,13,14,15). The second-order valence-electron chi connectivity index (χ2n) is 4.84. The minimum Gasteiger partial charge on any atom is -0.382 e. The molecule has 0 amide bonds. The Morgan fingerprint density at radius 2 is 2.05 bits per heavy atom. The maximum absolute atomic E-state index is 6.00. The number of hydrogen-bond acceptors (Lipinski definition) is 9. The summed E-state index contributed by atoms with van der Waals surface area (Å²) in [5, 5.41) is 0. The van der Waals surface area contributed by atoms with E-state index in [0.29, 0.717) is 17.0 Å². The topological polar surface area (TPSA) is 107 Å². The number of nitrogens with two attached hydrogens (primary N) is 1. The van der Waals surface area contributed by atoms with Crippen LogP contribution in [-0.4, -0.2) is 58.7 Å². The van der Waals surface area contributed by atoms with Crippen LogP contribution in [0.3, 0.4) is 0 Å². The van der Waals surface area contributed by atoms with Crippen molar-refractivity contribution in [1.29, 1.82) is 0 Å². The average molecular weight is 327 g/mol. The molecule has 1 fully saturated rings. The average Bonchev–Trinajstić information content (AvgIpc) is 3.09. The summed E-state index contributed by atoms with van der Waals surface area (Å²) in [7, 11) is 3.19. The number of imidazole rings is 1. The molecular weight excluding hydrogens is 310 g/mol. The summed E-state index contributed by atoms with van der Waals surface area (Å²) in [6.07, 6.45) is 1.53. The van der Waals surface area contributed by atoms with E-state index in [-0.39, 0.29) is 24.9 Å². The number of rotatable bonds is 5. The first kappa shape index (κ1) is 15.4. The fraction of sp³-hybridized carbons (Fsp3) is 0.583. The Labute approximate surface area is 132 Å². The van der Waals surface area contributed by atoms with Crippen molar-refractivity contribution in [3.63, 3.8) is 0 Å². The molecule has 9 nitrogen and oxygen atoms in total. The zero-order chi connectivity index (χ0) is 15.7. The lowest BCUT2D eigenvalue weighted by atomic mass is 10.1. The van der Waals surface area contributed by atoms with Crippen molar-refractivity contribution in [3.05, 3.63) is 12.7 Å². The van der Waals surface area contributed by atoms with Crippen LogP contribution in [-0.2, 0) is 18.4 Å². The molecule has 3 heterocycles. The van der Waals surface area contributed by atoms with Crippen molar-refractivity contribution in [3.8, 4) is 0 Å². The van der Waals surface area contributed by atoms with Crippen LogP contribution in [0.2, 0.25) is 0 Å². The van der Waals surface area contributed by atoms with Crippen molar-refractivity contribution in [1.82, 2.24) is 19.5 Å². The Hall–Kier alpha value is -1.46. The van der Waals surface area contributed by atoms with Gasteiger partial charge in [-0.15, -0.1) is 0 Å². The maximum Gasteiger partial charge on any atom is 0.167 e. The van der Waals surface area contributed by atoms with E-state index >= 15 is 0 Å². The predicted molar refractivity (Wildman–Crippen MR) is 80.2 cm³/mol. The zero-order valence-electron chi connectivity index (χ0n) is 12.1. The van der Waals surface area contributed by atoms with E-state index in [4.69, 9.17) is 24.1 Å². The van der Waals surface area contributed by atoms with E-state index in [2.05, 4.69) is 27.9 Å². The van der Waals surface area contributed by atoms with Crippen LogP contribution in [0.1, 0.15) is 6.23 Å². The fourth-order valence-corrected chi connectivity index (χ4v) is 2.88. The highest BCUT2D eigenvalue weighted by molar-refractivity contribution is 7.75. The van der Waals surface area contributed by atoms with Crippen LogP contribution in [0, 0.1) is 0 Å². The smallest absolute Gasteiger partial charge is 0.167 e. The maximum atomic E-state index is 6.00. The molecule has 2 N–H and O–H groups in total. The van der Waals surface area contributed by atoms with E-state index in [9.17, 15) is 0 Å². The summed E-state index contributed by atoms with van der Waals surface area (Å²) >= 11 is 3.78. The first-order chi connectivity index (χ1) is 10.7. The van der Waals surface area contributed by atoms with Crippen molar-refractivity contribution < 1.29 is 18.4 Å². The summed E-state index contributed by atoms with van der Waals surface area (Å²) in [6.45, 7) is 0.266. The molecule has 1 aliphatic heterocycles. The molecule has 4 unspecified atom stereocenters. The number of thiol groups is 1. The lowest BCUT2D eigenvalue weighted by Crippen LogP contribution is -2.36. The summed E-state index contributed by atoms with van der Waals surface area (Å²) in [5.41, 5.74) is 6.90. The second-order valence-corrected chi connectivity index (χ2v) is 5.10. The Morgan fingerprint density at radius 1 is 1.27 bits per heavy atom. The predicted octanol–water partition coefficient (Wildman–Crippen LogP) is 0.197. The van der Waals surface area contributed by atoms with Crippen molar-refractivity contribution in [2.75, 3.05) is 26.6 Å². The fourth-order valence-electron chi connectivity index (χ4n) is 2.73. The number of fused-ring (bicyclic) bond motifs is 1. The minimum atomic E-state index is -0.470. The third kappa shape index (κ3) is 2.42. The molecule has 0 aliphatic carbocycles. The molecular formula is C12H17N5O4S. The molecule has 120 valence electrons. The normalized spacial score (nSPS) is 28.5. The lowest BCUT2D eigenvalue weighted by Gasteiger charge is -2.21. The summed E-state index contributed by atoms with van der Waals surface area (Å²) < 4.78 is 23.7. The SMILES string of the molecule is COC1C(COS)OC(n2cnc3c(N)ncnc32)C1OC. The molecule has 0 saturated carbocycles. The van der Waals surface area contributed by atoms with E-state index in [0.717, 1.165) is 0 Å². The minimum absolute atomic E-state index is 0.266. The Bertz CT molecular complexity index is 653. The first-order valence-corrected chi connectivity index (χ1v) is 6.98. The molecule has 0 bridgehead atoms. The summed E-state index contributed by atoms with van der Waals surface area (Å²) in [5.74, 6) is 0.314. The third-order valence-corrected chi connectivity index (χ3v) is 3.88. The molecule has 0 radical (unpaired) electrons. The van der Waals surface area contributed by atoms with Gasteiger partial charge in [0.05, 0.1) is 12.9 Å². The summed E-state index contributed by atoms with van der Waals surface area (Å²) in [4.78, 5) is 12.4. The molecule has 2 aromatic heterocycles. The number of nitrogens with zero attached hydrogens (tertiary/aromatic N) is 4. The van der Waals surface area contributed by atoms with Gasteiger partial charge in [-0.05, 0) is 12.9 Å². The highest BCUT2D eigenvalue weighted by Gasteiger charge is 2.47. The zero-order valence-corrected chi connectivity index (χ0v) is 13.0. The van der Waals surface area contributed by atoms with Gasteiger partial charge < -0.3 is 24.1 Å². The Balaban J connectivity index is 2.00. The first-order valence-electron chi connectivity index (χ1n) is 6.61. The molecule has 22 heavy (non-hydrogen) atoms. The molecule has 0 spiro atoms. The second kappa shape index (κ2) is 6.34. The summed E-state index contributed by atoms with van der Waals surface area (Å²) in [6, 6.07) is 0. The van der Waals surface area contributed by atoms with E-state index in [1.807, 2.05) is 0 Å². The molecule has 0 aromatic carbocycles. The van der Waals surface area contributed by atoms with Gasteiger partial charge in [-0.3, -0.25) is 4.57 Å². The van der Waals surface area contributed by atoms with Crippen LogP contribution in [0.5, 0.6) is 0 Å². The number of anilines is 1. The molecule has 1 aliphatic rings. The number of ether oxygens (including phenoxy) is 3. The molecule has 2 aromatic rings. The number of nitrogen functional groups attached to an aromatic ring is 1. The van der Waals surface area contributed by atoms with Gasteiger partial charge in [0.25, 0.3) is 0 Å². The van der Waals surface area contributed by atoms with Crippen molar-refractivity contribution >= 4 is 29.9 Å². The van der Waals surface area contributed by atoms with Crippen molar-refractivity contribution in [2.24, 2.45) is 0 Å². The van der Waals surface area contributed by atoms with Gasteiger partial charge in [-0.25, -0.2) is 15.0 Å². The Kier molecular flexibility index (Phi) is 4.45. The van der Waals surface area contributed by atoms with Gasteiger partial charge in [0, 0.05) is 14.2 Å². The van der Waals surface area contributed by atoms with Gasteiger partial charge >= 0.3 is 0 Å². The molecule has 4 atom stereocenters.